The molecule has 108 valence electrons. The number of nitrogens with one attached hydrogen (secondary N) is 1. The normalized spacial score (nSPS) is 13.6. The van der Waals surface area contributed by atoms with Gasteiger partial charge in [0.15, 0.2) is 0 Å². The Hall–Kier alpha value is 0.990. The fourth-order valence-corrected chi connectivity index (χ4v) is 1.21. The van der Waals surface area contributed by atoms with E-state index in [-0.39, 0.29) is 31.0 Å². The number of hydrogen-bond acceptors (Lipinski definition) is 4. The third-order valence-electron chi connectivity index (χ3n) is 1.89. The van der Waals surface area contributed by atoms with Crippen LogP contribution in [0.15, 0.2) is 0 Å². The van der Waals surface area contributed by atoms with Gasteiger partial charge in [0.2, 0.25) is 0 Å². The van der Waals surface area contributed by atoms with E-state index in [1.807, 2.05) is 0 Å². The van der Waals surface area contributed by atoms with Crippen LogP contribution in [0.4, 0.5) is 0 Å². The summed E-state index contributed by atoms with van der Waals surface area (Å²) < 4.78 is 8.88. The quantitative estimate of drug-likeness (QED) is 0.181. The van der Waals surface area contributed by atoms with Crippen LogP contribution in [0.2, 0.25) is 0 Å². The molecule has 7 nitrogen and oxygen atoms in total. The van der Waals surface area contributed by atoms with Crippen molar-refractivity contribution in [3.8, 4) is 0 Å². The second-order valence-corrected chi connectivity index (χ2v) is 4.63. The summed E-state index contributed by atoms with van der Waals surface area (Å²) in [4.78, 5) is 21.6. The first kappa shape index (κ1) is 24.0. The van der Waals surface area contributed by atoms with E-state index in [1.54, 1.807) is 0 Å². The van der Waals surface area contributed by atoms with Gasteiger partial charge in [-0.2, -0.15) is 0 Å². The minimum atomic E-state index is -4.64. The second kappa shape index (κ2) is 18.0. The Balaban J connectivity index is -0.0000000857. The van der Waals surface area contributed by atoms with Crippen molar-refractivity contribution < 1.29 is 50.2 Å². The van der Waals surface area contributed by atoms with Crippen molar-refractivity contribution in [1.29, 1.82) is 0 Å². The molecular formula is C9H27N3NaO4P. The second-order valence-electron chi connectivity index (χ2n) is 3.61. The molecule has 0 bridgehead atoms. The zero-order chi connectivity index (χ0) is 13.6. The van der Waals surface area contributed by atoms with Crippen LogP contribution in [0.25, 0.3) is 0 Å². The number of rotatable bonds is 4. The van der Waals surface area contributed by atoms with E-state index in [0.717, 1.165) is 13.1 Å². The molecule has 1 fully saturated rings. The Kier molecular flexibility index (Phi) is 24.0. The monoisotopic (exact) mass is 295 g/mol. The first-order valence-electron chi connectivity index (χ1n) is 5.81. The van der Waals surface area contributed by atoms with Gasteiger partial charge < -0.3 is 32.9 Å². The van der Waals surface area contributed by atoms with E-state index in [2.05, 4.69) is 5.32 Å². The van der Waals surface area contributed by atoms with Crippen molar-refractivity contribution in [2.24, 2.45) is 11.5 Å². The standard InChI is InChI=1S/C5H10.C4H13N3.Na.H3O4P.H/c1-2-4-5-3-1;5-1-3-7-4-2-6;;1-5(2,3)4;/h1-5H2;7H,1-6H2;;(H3,1,2,3,4);/q;;+1;;-1. The van der Waals surface area contributed by atoms with Gasteiger partial charge in [0.25, 0.3) is 0 Å². The molecule has 1 saturated carbocycles. The van der Waals surface area contributed by atoms with Crippen LogP contribution in [-0.2, 0) is 4.57 Å². The summed E-state index contributed by atoms with van der Waals surface area (Å²) in [5.41, 5.74) is 10.3. The number of hydrogen-bond donors (Lipinski definition) is 6. The molecule has 0 aromatic carbocycles. The molecule has 0 amide bonds. The van der Waals surface area contributed by atoms with Crippen molar-refractivity contribution in [3.05, 3.63) is 0 Å². The van der Waals surface area contributed by atoms with Crippen molar-refractivity contribution in [1.82, 2.24) is 5.32 Å². The van der Waals surface area contributed by atoms with Gasteiger partial charge in [0.05, 0.1) is 0 Å². The maximum Gasteiger partial charge on any atom is 1.00 e. The Morgan fingerprint density at radius 1 is 0.944 bits per heavy atom. The van der Waals surface area contributed by atoms with E-state index in [0.29, 0.717) is 13.1 Å². The van der Waals surface area contributed by atoms with Gasteiger partial charge >= 0.3 is 37.4 Å². The Bertz CT molecular complexity index is 176. The SMILES string of the molecule is C1CCCC1.NCCNCCN.O=P(O)(O)O.[H-].[Na+]. The van der Waals surface area contributed by atoms with Gasteiger partial charge in [-0.05, 0) is 0 Å². The molecule has 0 unspecified atom stereocenters. The number of phosphoric acid groups is 1. The molecule has 9 heteroatoms. The third kappa shape index (κ3) is 43.5. The summed E-state index contributed by atoms with van der Waals surface area (Å²) in [6, 6.07) is 0. The maximum atomic E-state index is 8.88. The van der Waals surface area contributed by atoms with Crippen LogP contribution in [0.3, 0.4) is 0 Å². The summed E-state index contributed by atoms with van der Waals surface area (Å²) in [6.07, 6.45) is 7.50. The molecule has 18 heavy (non-hydrogen) atoms. The molecule has 0 aromatic heterocycles. The smallest absolute Gasteiger partial charge is 1.00 e. The average molecular weight is 295 g/mol. The van der Waals surface area contributed by atoms with Gasteiger partial charge in [-0.25, -0.2) is 4.57 Å². The molecule has 0 saturated heterocycles. The molecule has 0 atom stereocenters. The van der Waals surface area contributed by atoms with Crippen molar-refractivity contribution in [2.45, 2.75) is 32.1 Å². The van der Waals surface area contributed by atoms with Crippen LogP contribution in [-0.4, -0.2) is 40.9 Å². The van der Waals surface area contributed by atoms with Crippen LogP contribution < -0.4 is 46.3 Å². The summed E-state index contributed by atoms with van der Waals surface area (Å²) in [6.45, 7) is 3.13. The largest absolute Gasteiger partial charge is 1.00 e. The molecule has 8 N–H and O–H groups in total. The minimum absolute atomic E-state index is 0. The van der Waals surface area contributed by atoms with Gasteiger partial charge in [0.1, 0.15) is 0 Å². The first-order chi connectivity index (χ1) is 7.91. The topological polar surface area (TPSA) is 142 Å². The Morgan fingerprint density at radius 2 is 1.17 bits per heavy atom. The van der Waals surface area contributed by atoms with Crippen molar-refractivity contribution in [2.75, 3.05) is 26.2 Å². The van der Waals surface area contributed by atoms with Crippen LogP contribution >= 0.6 is 7.82 Å². The van der Waals surface area contributed by atoms with E-state index < -0.39 is 7.82 Å². The summed E-state index contributed by atoms with van der Waals surface area (Å²) in [5, 5.41) is 3.03. The molecular weight excluding hydrogens is 268 g/mol. The molecule has 0 spiro atoms. The molecule has 0 aliphatic heterocycles. The van der Waals surface area contributed by atoms with E-state index in [4.69, 9.17) is 30.7 Å². The predicted octanol–water partition coefficient (Wildman–Crippen LogP) is -3.37. The average Bonchev–Trinajstić information content (AvgIpc) is 2.74. The first-order valence-corrected chi connectivity index (χ1v) is 7.37. The van der Waals surface area contributed by atoms with Gasteiger partial charge in [-0.1, -0.05) is 32.1 Å². The van der Waals surface area contributed by atoms with Crippen LogP contribution in [0, 0.1) is 0 Å². The summed E-state index contributed by atoms with van der Waals surface area (Å²) in [7, 11) is -4.64. The zero-order valence-corrected chi connectivity index (χ0v) is 14.1. The van der Waals surface area contributed by atoms with Crippen LogP contribution in [0.5, 0.6) is 0 Å². The van der Waals surface area contributed by atoms with Gasteiger partial charge in [-0.15, -0.1) is 0 Å². The Morgan fingerprint density at radius 3 is 1.33 bits per heavy atom. The molecule has 0 radical (unpaired) electrons. The van der Waals surface area contributed by atoms with Gasteiger partial charge in [0, 0.05) is 26.2 Å². The van der Waals surface area contributed by atoms with Crippen molar-refractivity contribution >= 4 is 7.82 Å². The molecule has 1 aliphatic rings. The maximum absolute atomic E-state index is 8.88. The van der Waals surface area contributed by atoms with E-state index in [1.165, 1.54) is 32.1 Å². The molecule has 1 rings (SSSR count). The zero-order valence-electron chi connectivity index (χ0n) is 12.2. The molecule has 0 heterocycles. The van der Waals surface area contributed by atoms with E-state index >= 15 is 0 Å². The van der Waals surface area contributed by atoms with Crippen LogP contribution in [0.1, 0.15) is 33.5 Å². The Labute approximate surface area is 133 Å². The molecule has 1 aliphatic carbocycles. The molecule has 0 aromatic rings. The predicted molar refractivity (Wildman–Crippen MR) is 69.4 cm³/mol. The van der Waals surface area contributed by atoms with E-state index in [9.17, 15) is 0 Å². The summed E-state index contributed by atoms with van der Waals surface area (Å²) >= 11 is 0. The fraction of sp³-hybridized carbons (Fsp3) is 1.00. The minimum Gasteiger partial charge on any atom is -1.00 e. The van der Waals surface area contributed by atoms with Gasteiger partial charge in [-0.3, -0.25) is 0 Å². The third-order valence-corrected chi connectivity index (χ3v) is 1.89. The number of nitrogens with two attached hydrogens (primary N) is 2. The van der Waals surface area contributed by atoms with Crippen molar-refractivity contribution in [3.63, 3.8) is 0 Å². The summed E-state index contributed by atoms with van der Waals surface area (Å²) in [5.74, 6) is 0. The fourth-order valence-electron chi connectivity index (χ4n) is 1.21.